The van der Waals surface area contributed by atoms with Gasteiger partial charge in [-0.15, -0.1) is 0 Å². The van der Waals surface area contributed by atoms with E-state index in [9.17, 15) is 20.1 Å². The lowest BCUT2D eigenvalue weighted by Crippen LogP contribution is -2.24. The standard InChI is InChI=1S/C21H36O5/c1-3-4-9-13-21(2,26)14-12-17-16(18(22)15-19(17)23)10-7-5-6-8-11-20(24)25/h5,7,12,14,16-19,22-23,26H,3-4,6,8-11,13,15H2,1-2H3,(H,24,25)/t16-,17-,18+,19-,21+/m1/s1. The van der Waals surface area contributed by atoms with Crippen LogP contribution in [0.4, 0.5) is 0 Å². The molecule has 1 fully saturated rings. The molecule has 1 aliphatic rings. The van der Waals surface area contributed by atoms with Crippen molar-refractivity contribution in [2.45, 2.75) is 89.4 Å². The lowest BCUT2D eigenvalue weighted by molar-refractivity contribution is -0.137. The quantitative estimate of drug-likeness (QED) is 0.312. The van der Waals surface area contributed by atoms with E-state index in [4.69, 9.17) is 5.11 Å². The number of rotatable bonds is 12. The van der Waals surface area contributed by atoms with E-state index in [0.717, 1.165) is 19.3 Å². The van der Waals surface area contributed by atoms with E-state index < -0.39 is 23.8 Å². The van der Waals surface area contributed by atoms with Crippen LogP contribution < -0.4 is 0 Å². The third-order valence-corrected chi connectivity index (χ3v) is 5.22. The minimum Gasteiger partial charge on any atom is -0.481 e. The summed E-state index contributed by atoms with van der Waals surface area (Å²) in [5.41, 5.74) is -0.889. The smallest absolute Gasteiger partial charge is 0.303 e. The number of carboxylic acid groups (broad SMARTS) is 1. The van der Waals surface area contributed by atoms with Crippen LogP contribution in [-0.4, -0.2) is 44.2 Å². The first-order valence-electron chi connectivity index (χ1n) is 9.91. The van der Waals surface area contributed by atoms with Gasteiger partial charge in [0.15, 0.2) is 0 Å². The van der Waals surface area contributed by atoms with Crippen LogP contribution in [0.5, 0.6) is 0 Å². The van der Waals surface area contributed by atoms with Gasteiger partial charge in [0.25, 0.3) is 0 Å². The fourth-order valence-corrected chi connectivity index (χ4v) is 3.58. The molecule has 0 saturated heterocycles. The second-order valence-electron chi connectivity index (χ2n) is 7.78. The van der Waals surface area contributed by atoms with Crippen LogP contribution in [0.2, 0.25) is 0 Å². The van der Waals surface area contributed by atoms with E-state index in [0.29, 0.717) is 32.1 Å². The SMILES string of the molecule is CCCCC[C@](C)(O)C=C[C@@H]1[C@@H](CC=CCCCC(=O)O)[C@@H](O)C[C@H]1O. The lowest BCUT2D eigenvalue weighted by Gasteiger charge is -2.23. The highest BCUT2D eigenvalue weighted by atomic mass is 16.4. The normalized spacial score (nSPS) is 28.8. The van der Waals surface area contributed by atoms with Gasteiger partial charge in [0.2, 0.25) is 0 Å². The summed E-state index contributed by atoms with van der Waals surface area (Å²) in [4.78, 5) is 10.5. The van der Waals surface area contributed by atoms with Gasteiger partial charge in [-0.25, -0.2) is 0 Å². The molecular formula is C21H36O5. The first-order valence-corrected chi connectivity index (χ1v) is 9.91. The molecule has 0 aliphatic heterocycles. The molecule has 150 valence electrons. The number of aliphatic carboxylic acids is 1. The van der Waals surface area contributed by atoms with Crippen LogP contribution in [-0.2, 0) is 4.79 Å². The van der Waals surface area contributed by atoms with Crippen molar-refractivity contribution >= 4 is 5.97 Å². The summed E-state index contributed by atoms with van der Waals surface area (Å²) < 4.78 is 0. The summed E-state index contributed by atoms with van der Waals surface area (Å²) in [5, 5.41) is 39.6. The maximum Gasteiger partial charge on any atom is 0.303 e. The Morgan fingerprint density at radius 2 is 1.88 bits per heavy atom. The fourth-order valence-electron chi connectivity index (χ4n) is 3.58. The Morgan fingerprint density at radius 3 is 2.54 bits per heavy atom. The summed E-state index contributed by atoms with van der Waals surface area (Å²) in [6.07, 6.45) is 12.7. The minimum atomic E-state index is -0.889. The van der Waals surface area contributed by atoms with E-state index in [2.05, 4.69) is 6.92 Å². The van der Waals surface area contributed by atoms with Crippen LogP contribution in [0.25, 0.3) is 0 Å². The molecular weight excluding hydrogens is 332 g/mol. The van der Waals surface area contributed by atoms with Crippen LogP contribution in [0, 0.1) is 11.8 Å². The molecule has 0 aromatic rings. The van der Waals surface area contributed by atoms with Gasteiger partial charge in [-0.3, -0.25) is 4.79 Å². The molecule has 0 radical (unpaired) electrons. The number of hydrogen-bond donors (Lipinski definition) is 4. The highest BCUT2D eigenvalue weighted by Crippen LogP contribution is 2.37. The number of aliphatic hydroxyl groups is 3. The van der Waals surface area contributed by atoms with Crippen molar-refractivity contribution < 1.29 is 25.2 Å². The summed E-state index contributed by atoms with van der Waals surface area (Å²) >= 11 is 0. The Kier molecular flexibility index (Phi) is 10.1. The van der Waals surface area contributed by atoms with Gasteiger partial charge in [-0.2, -0.15) is 0 Å². The van der Waals surface area contributed by atoms with Crippen LogP contribution in [0.3, 0.4) is 0 Å². The Labute approximate surface area is 157 Å². The topological polar surface area (TPSA) is 98.0 Å². The van der Waals surface area contributed by atoms with Crippen molar-refractivity contribution in [3.63, 3.8) is 0 Å². The van der Waals surface area contributed by atoms with E-state index in [1.54, 1.807) is 13.0 Å². The highest BCUT2D eigenvalue weighted by molar-refractivity contribution is 5.66. The van der Waals surface area contributed by atoms with Gasteiger partial charge >= 0.3 is 5.97 Å². The summed E-state index contributed by atoms with van der Waals surface area (Å²) in [6, 6.07) is 0. The average Bonchev–Trinajstić information content (AvgIpc) is 2.82. The molecule has 5 nitrogen and oxygen atoms in total. The molecule has 0 aromatic heterocycles. The molecule has 0 heterocycles. The monoisotopic (exact) mass is 368 g/mol. The molecule has 0 unspecified atom stereocenters. The number of aliphatic hydroxyl groups excluding tert-OH is 2. The molecule has 1 saturated carbocycles. The van der Waals surface area contributed by atoms with Crippen LogP contribution in [0.1, 0.15) is 71.6 Å². The zero-order valence-corrected chi connectivity index (χ0v) is 16.2. The first kappa shape index (κ1) is 22.9. The van der Waals surface area contributed by atoms with Gasteiger partial charge in [0.05, 0.1) is 17.8 Å². The predicted octanol–water partition coefficient (Wildman–Crippen LogP) is 3.43. The largest absolute Gasteiger partial charge is 0.481 e. The first-order chi connectivity index (χ1) is 12.3. The van der Waals surface area contributed by atoms with Gasteiger partial charge in [-0.1, -0.05) is 50.5 Å². The average molecular weight is 369 g/mol. The minimum absolute atomic E-state index is 0.0802. The number of carbonyl (C=O) groups is 1. The highest BCUT2D eigenvalue weighted by Gasteiger charge is 2.39. The molecule has 5 heteroatoms. The summed E-state index contributed by atoms with van der Waals surface area (Å²) in [6.45, 7) is 3.91. The zero-order chi connectivity index (χ0) is 19.6. The van der Waals surface area contributed by atoms with Crippen molar-refractivity contribution in [2.24, 2.45) is 11.8 Å². The molecule has 26 heavy (non-hydrogen) atoms. The van der Waals surface area contributed by atoms with Crippen LogP contribution >= 0.6 is 0 Å². The molecule has 1 rings (SSSR count). The van der Waals surface area contributed by atoms with Gasteiger partial charge in [0, 0.05) is 18.8 Å². The Bertz CT molecular complexity index is 469. The third kappa shape index (κ3) is 8.47. The molecule has 5 atom stereocenters. The zero-order valence-electron chi connectivity index (χ0n) is 16.2. The van der Waals surface area contributed by atoms with E-state index in [-0.39, 0.29) is 18.3 Å². The van der Waals surface area contributed by atoms with E-state index in [1.807, 2.05) is 18.2 Å². The Morgan fingerprint density at radius 1 is 1.15 bits per heavy atom. The number of hydrogen-bond acceptors (Lipinski definition) is 4. The maximum atomic E-state index is 10.5. The Balaban J connectivity index is 2.56. The van der Waals surface area contributed by atoms with Gasteiger partial charge < -0.3 is 20.4 Å². The second-order valence-corrected chi connectivity index (χ2v) is 7.78. The summed E-state index contributed by atoms with van der Waals surface area (Å²) in [7, 11) is 0. The Hall–Kier alpha value is -1.17. The van der Waals surface area contributed by atoms with Crippen molar-refractivity contribution in [1.82, 2.24) is 0 Å². The molecule has 4 N–H and O–H groups in total. The second kappa shape index (κ2) is 11.5. The third-order valence-electron chi connectivity index (χ3n) is 5.22. The molecule has 1 aliphatic carbocycles. The van der Waals surface area contributed by atoms with Crippen molar-refractivity contribution in [2.75, 3.05) is 0 Å². The van der Waals surface area contributed by atoms with Gasteiger partial charge in [0.1, 0.15) is 0 Å². The molecule has 0 spiro atoms. The molecule has 0 bridgehead atoms. The van der Waals surface area contributed by atoms with Crippen LogP contribution in [0.15, 0.2) is 24.3 Å². The number of unbranched alkanes of at least 4 members (excludes halogenated alkanes) is 3. The van der Waals surface area contributed by atoms with E-state index in [1.165, 1.54) is 0 Å². The van der Waals surface area contributed by atoms with Crippen molar-refractivity contribution in [3.8, 4) is 0 Å². The van der Waals surface area contributed by atoms with E-state index >= 15 is 0 Å². The van der Waals surface area contributed by atoms with Gasteiger partial charge in [-0.05, 0) is 38.5 Å². The molecule has 0 aromatic carbocycles. The predicted molar refractivity (Wildman–Crippen MR) is 103 cm³/mol. The fraction of sp³-hybridized carbons (Fsp3) is 0.762. The molecule has 0 amide bonds. The summed E-state index contributed by atoms with van der Waals surface area (Å²) in [5.74, 6) is -1.04. The maximum absolute atomic E-state index is 10.5. The number of carboxylic acids is 1. The van der Waals surface area contributed by atoms with Crippen molar-refractivity contribution in [3.05, 3.63) is 24.3 Å². The van der Waals surface area contributed by atoms with Crippen molar-refractivity contribution in [1.29, 1.82) is 0 Å². The number of allylic oxidation sites excluding steroid dienone is 2. The lowest BCUT2D eigenvalue weighted by atomic mass is 9.88.